The first-order chi connectivity index (χ1) is 13.0. The number of amides is 1. The van der Waals surface area contributed by atoms with Crippen molar-refractivity contribution in [2.45, 2.75) is 13.3 Å². The molecule has 27 heavy (non-hydrogen) atoms. The predicted molar refractivity (Wildman–Crippen MR) is 103 cm³/mol. The van der Waals surface area contributed by atoms with E-state index in [-0.39, 0.29) is 18.1 Å². The molecule has 3 heterocycles. The van der Waals surface area contributed by atoms with E-state index in [1.165, 1.54) is 23.5 Å². The number of thiazole rings is 1. The van der Waals surface area contributed by atoms with Crippen LogP contribution >= 0.6 is 11.3 Å². The molecular formula is C19H16FN5OS. The summed E-state index contributed by atoms with van der Waals surface area (Å²) in [5.74, 6) is -0.496. The molecule has 136 valence electrons. The van der Waals surface area contributed by atoms with Gasteiger partial charge < -0.3 is 5.32 Å². The van der Waals surface area contributed by atoms with Gasteiger partial charge in [-0.15, -0.1) is 11.3 Å². The number of aryl methyl sites for hydroxylation is 2. The van der Waals surface area contributed by atoms with Gasteiger partial charge in [0.1, 0.15) is 10.8 Å². The van der Waals surface area contributed by atoms with Gasteiger partial charge in [0.15, 0.2) is 5.65 Å². The van der Waals surface area contributed by atoms with Gasteiger partial charge in [-0.2, -0.15) is 5.10 Å². The van der Waals surface area contributed by atoms with Crippen LogP contribution in [0, 0.1) is 12.7 Å². The molecule has 4 aromatic rings. The van der Waals surface area contributed by atoms with Gasteiger partial charge in [-0.3, -0.25) is 9.48 Å². The van der Waals surface area contributed by atoms with Crippen LogP contribution in [0.25, 0.3) is 21.6 Å². The molecule has 0 saturated carbocycles. The Morgan fingerprint density at radius 2 is 2.19 bits per heavy atom. The van der Waals surface area contributed by atoms with Crippen molar-refractivity contribution in [3.63, 3.8) is 0 Å². The summed E-state index contributed by atoms with van der Waals surface area (Å²) in [4.78, 5) is 21.1. The van der Waals surface area contributed by atoms with Gasteiger partial charge in [0.2, 0.25) is 5.91 Å². The van der Waals surface area contributed by atoms with Crippen LogP contribution in [0.1, 0.15) is 11.4 Å². The molecule has 0 fully saturated rings. The molecule has 1 N–H and O–H groups in total. The monoisotopic (exact) mass is 381 g/mol. The number of carbonyl (C=O) groups is 1. The highest BCUT2D eigenvalue weighted by Crippen LogP contribution is 2.25. The van der Waals surface area contributed by atoms with Gasteiger partial charge in [-0.1, -0.05) is 12.1 Å². The van der Waals surface area contributed by atoms with Crippen LogP contribution in [0.5, 0.6) is 0 Å². The summed E-state index contributed by atoms with van der Waals surface area (Å²) in [5, 5.41) is 10.6. The van der Waals surface area contributed by atoms with Crippen LogP contribution in [0.4, 0.5) is 10.1 Å². The molecule has 1 amide bonds. The van der Waals surface area contributed by atoms with E-state index in [1.807, 2.05) is 25.4 Å². The van der Waals surface area contributed by atoms with Crippen LogP contribution in [-0.2, 0) is 18.3 Å². The lowest BCUT2D eigenvalue weighted by Gasteiger charge is -2.04. The number of rotatable bonds is 4. The number of hydrogen-bond donors (Lipinski definition) is 1. The Morgan fingerprint density at radius 1 is 1.33 bits per heavy atom. The minimum atomic E-state index is -0.310. The second-order valence-electron chi connectivity index (χ2n) is 6.18. The standard InChI is InChI=1S/C19H16FN5OS/c1-11-16-7-14(9-21-18(16)25(2)24-11)22-17(26)8-15-10-27-19(23-15)12-4-3-5-13(20)6-12/h3-7,9-10H,8H2,1-2H3,(H,22,26). The fraction of sp³-hybridized carbons (Fsp3) is 0.158. The zero-order valence-corrected chi connectivity index (χ0v) is 15.5. The molecule has 3 aromatic heterocycles. The minimum absolute atomic E-state index is 0.135. The third-order valence-corrected chi connectivity index (χ3v) is 5.05. The van der Waals surface area contributed by atoms with Gasteiger partial charge in [-0.25, -0.2) is 14.4 Å². The van der Waals surface area contributed by atoms with Gasteiger partial charge in [0, 0.05) is 23.4 Å². The largest absolute Gasteiger partial charge is 0.324 e. The predicted octanol–water partition coefficient (Wildman–Crippen LogP) is 3.72. The summed E-state index contributed by atoms with van der Waals surface area (Å²) in [6.07, 6.45) is 1.75. The Bertz CT molecular complexity index is 1150. The Labute approximate surface area is 158 Å². The highest BCUT2D eigenvalue weighted by Gasteiger charge is 2.12. The maximum absolute atomic E-state index is 13.4. The molecule has 0 radical (unpaired) electrons. The van der Waals surface area contributed by atoms with Crippen molar-refractivity contribution in [2.75, 3.05) is 5.32 Å². The van der Waals surface area contributed by atoms with Gasteiger partial charge in [0.05, 0.1) is 29.7 Å². The van der Waals surface area contributed by atoms with Crippen LogP contribution in [0.2, 0.25) is 0 Å². The van der Waals surface area contributed by atoms with E-state index in [4.69, 9.17) is 0 Å². The number of nitrogens with zero attached hydrogens (tertiary/aromatic N) is 4. The maximum Gasteiger partial charge on any atom is 0.230 e. The Kier molecular flexibility index (Phi) is 4.41. The van der Waals surface area contributed by atoms with Crippen molar-refractivity contribution < 1.29 is 9.18 Å². The minimum Gasteiger partial charge on any atom is -0.324 e. The van der Waals surface area contributed by atoms with E-state index < -0.39 is 0 Å². The zero-order valence-electron chi connectivity index (χ0n) is 14.7. The van der Waals surface area contributed by atoms with Crippen molar-refractivity contribution in [1.29, 1.82) is 0 Å². The smallest absolute Gasteiger partial charge is 0.230 e. The molecule has 0 unspecified atom stereocenters. The average Bonchev–Trinajstić information content (AvgIpc) is 3.20. The first-order valence-corrected chi connectivity index (χ1v) is 9.17. The molecule has 0 atom stereocenters. The fourth-order valence-corrected chi connectivity index (χ4v) is 3.70. The summed E-state index contributed by atoms with van der Waals surface area (Å²) in [5.41, 5.74) is 3.58. The second kappa shape index (κ2) is 6.88. The Morgan fingerprint density at radius 3 is 3.00 bits per heavy atom. The SMILES string of the molecule is Cc1nn(C)c2ncc(NC(=O)Cc3csc(-c4cccc(F)c4)n3)cc12. The number of carbonyl (C=O) groups excluding carboxylic acids is 1. The summed E-state index contributed by atoms with van der Waals surface area (Å²) in [7, 11) is 1.83. The van der Waals surface area contributed by atoms with E-state index in [2.05, 4.69) is 20.4 Å². The number of halogens is 1. The Hall–Kier alpha value is -3.13. The van der Waals surface area contributed by atoms with E-state index >= 15 is 0 Å². The third kappa shape index (κ3) is 3.56. The molecule has 0 aliphatic heterocycles. The molecule has 0 spiro atoms. The lowest BCUT2D eigenvalue weighted by molar-refractivity contribution is -0.115. The van der Waals surface area contributed by atoms with E-state index in [9.17, 15) is 9.18 Å². The van der Waals surface area contributed by atoms with Gasteiger partial charge in [-0.05, 0) is 25.1 Å². The summed E-state index contributed by atoms with van der Waals surface area (Å²) in [6, 6.07) is 8.12. The number of benzene rings is 1. The van der Waals surface area contributed by atoms with Crippen LogP contribution in [-0.4, -0.2) is 25.7 Å². The molecule has 0 bridgehead atoms. The number of aromatic nitrogens is 4. The highest BCUT2D eigenvalue weighted by molar-refractivity contribution is 7.13. The number of hydrogen-bond acceptors (Lipinski definition) is 5. The first-order valence-electron chi connectivity index (χ1n) is 8.29. The molecule has 0 aliphatic rings. The molecule has 1 aromatic carbocycles. The molecule has 4 rings (SSSR count). The average molecular weight is 381 g/mol. The highest BCUT2D eigenvalue weighted by atomic mass is 32.1. The van der Waals surface area contributed by atoms with E-state index in [0.717, 1.165) is 16.7 Å². The first kappa shape index (κ1) is 17.3. The van der Waals surface area contributed by atoms with Crippen molar-refractivity contribution >= 4 is 34.0 Å². The maximum atomic E-state index is 13.4. The van der Waals surface area contributed by atoms with Crippen molar-refractivity contribution in [2.24, 2.45) is 7.05 Å². The molecule has 0 aliphatic carbocycles. The summed E-state index contributed by atoms with van der Waals surface area (Å²) in [6.45, 7) is 1.90. The van der Waals surface area contributed by atoms with Gasteiger partial charge >= 0.3 is 0 Å². The number of nitrogens with one attached hydrogen (secondary N) is 1. The molecule has 0 saturated heterocycles. The molecular weight excluding hydrogens is 365 g/mol. The van der Waals surface area contributed by atoms with Crippen molar-refractivity contribution in [1.82, 2.24) is 19.7 Å². The lowest BCUT2D eigenvalue weighted by Crippen LogP contribution is -2.14. The van der Waals surface area contributed by atoms with E-state index in [0.29, 0.717) is 22.0 Å². The van der Waals surface area contributed by atoms with Gasteiger partial charge in [0.25, 0.3) is 0 Å². The second-order valence-corrected chi connectivity index (χ2v) is 7.04. The fourth-order valence-electron chi connectivity index (χ4n) is 2.89. The van der Waals surface area contributed by atoms with E-state index in [1.54, 1.807) is 23.0 Å². The van der Waals surface area contributed by atoms with Crippen molar-refractivity contribution in [3.8, 4) is 10.6 Å². The lowest BCUT2D eigenvalue weighted by atomic mass is 10.2. The zero-order chi connectivity index (χ0) is 19.0. The molecule has 8 heteroatoms. The van der Waals surface area contributed by atoms with Crippen molar-refractivity contribution in [3.05, 3.63) is 59.1 Å². The Balaban J connectivity index is 1.48. The number of pyridine rings is 1. The quantitative estimate of drug-likeness (QED) is 0.585. The van der Waals surface area contributed by atoms with Crippen LogP contribution in [0.15, 0.2) is 41.9 Å². The topological polar surface area (TPSA) is 72.7 Å². The summed E-state index contributed by atoms with van der Waals surface area (Å²) < 4.78 is 15.1. The summed E-state index contributed by atoms with van der Waals surface area (Å²) >= 11 is 1.39. The van der Waals surface area contributed by atoms with Crippen LogP contribution < -0.4 is 5.32 Å². The number of fused-ring (bicyclic) bond motifs is 1. The molecule has 6 nitrogen and oxygen atoms in total. The normalized spacial score (nSPS) is 11.1. The van der Waals surface area contributed by atoms with Crippen LogP contribution in [0.3, 0.4) is 0 Å². The third-order valence-electron chi connectivity index (χ3n) is 4.11. The number of anilines is 1.